The Morgan fingerprint density at radius 3 is 2.75 bits per heavy atom. The van der Waals surface area contributed by atoms with Gasteiger partial charge in [0.1, 0.15) is 5.58 Å². The number of aromatic nitrogens is 1. The molecule has 0 radical (unpaired) electrons. The number of furan rings is 1. The van der Waals surface area contributed by atoms with Gasteiger partial charge in [-0.3, -0.25) is 14.7 Å². The van der Waals surface area contributed by atoms with Crippen LogP contribution in [0.25, 0.3) is 11.0 Å². The van der Waals surface area contributed by atoms with E-state index in [9.17, 15) is 4.79 Å². The first-order valence-electron chi connectivity index (χ1n) is 9.96. The Labute approximate surface area is 166 Å². The number of rotatable bonds is 4. The molecule has 3 heterocycles. The van der Waals surface area contributed by atoms with E-state index in [-0.39, 0.29) is 5.91 Å². The molecule has 1 aliphatic rings. The molecule has 5 heteroatoms. The van der Waals surface area contributed by atoms with Gasteiger partial charge in [-0.2, -0.15) is 0 Å². The Balaban J connectivity index is 1.40. The Kier molecular flexibility index (Phi) is 5.44. The number of pyridine rings is 1. The smallest absolute Gasteiger partial charge is 0.227 e. The topological polar surface area (TPSA) is 49.6 Å². The summed E-state index contributed by atoms with van der Waals surface area (Å²) in [4.78, 5) is 21.5. The number of carbonyl (C=O) groups excluding carboxylic acids is 1. The van der Waals surface area contributed by atoms with Crippen LogP contribution in [0.1, 0.15) is 28.7 Å². The summed E-state index contributed by atoms with van der Waals surface area (Å²) in [6.45, 7) is 8.57. The van der Waals surface area contributed by atoms with Crippen molar-refractivity contribution < 1.29 is 9.21 Å². The first-order valence-corrected chi connectivity index (χ1v) is 9.96. The third-order valence-corrected chi connectivity index (χ3v) is 5.53. The highest BCUT2D eigenvalue weighted by Crippen LogP contribution is 2.27. The minimum Gasteiger partial charge on any atom is -0.464 e. The molecular formula is C23H27N3O2. The number of benzene rings is 1. The number of fused-ring (bicyclic) bond motifs is 1. The van der Waals surface area contributed by atoms with E-state index in [0.717, 1.165) is 55.7 Å². The average Bonchev–Trinajstić information content (AvgIpc) is 2.92. The lowest BCUT2D eigenvalue weighted by molar-refractivity contribution is -0.130. The highest BCUT2D eigenvalue weighted by Gasteiger charge is 2.21. The normalized spacial score (nSPS) is 15.7. The van der Waals surface area contributed by atoms with Crippen molar-refractivity contribution in [2.45, 2.75) is 33.2 Å². The zero-order chi connectivity index (χ0) is 19.5. The molecule has 3 aromatic rings. The zero-order valence-electron chi connectivity index (χ0n) is 16.6. The SMILES string of the molecule is Cc1cc(C)c2c(CC(=O)N3CCCN(Cc4ccncc4)CC3)coc2c1. The Morgan fingerprint density at radius 2 is 1.93 bits per heavy atom. The summed E-state index contributed by atoms with van der Waals surface area (Å²) in [7, 11) is 0. The van der Waals surface area contributed by atoms with E-state index in [1.54, 1.807) is 6.26 Å². The van der Waals surface area contributed by atoms with Gasteiger partial charge in [-0.25, -0.2) is 0 Å². The Hall–Kier alpha value is -2.66. The predicted molar refractivity (Wildman–Crippen MR) is 110 cm³/mol. The van der Waals surface area contributed by atoms with Crippen molar-refractivity contribution in [1.29, 1.82) is 0 Å². The molecule has 28 heavy (non-hydrogen) atoms. The molecule has 1 fully saturated rings. The van der Waals surface area contributed by atoms with E-state index >= 15 is 0 Å². The lowest BCUT2D eigenvalue weighted by Crippen LogP contribution is -2.36. The maximum absolute atomic E-state index is 13.0. The minimum atomic E-state index is 0.188. The number of hydrogen-bond acceptors (Lipinski definition) is 4. The first kappa shape index (κ1) is 18.7. The summed E-state index contributed by atoms with van der Waals surface area (Å²) >= 11 is 0. The van der Waals surface area contributed by atoms with Crippen LogP contribution in [-0.2, 0) is 17.8 Å². The number of hydrogen-bond donors (Lipinski definition) is 0. The summed E-state index contributed by atoms with van der Waals surface area (Å²) in [5.74, 6) is 0.188. The van der Waals surface area contributed by atoms with Crippen molar-refractivity contribution in [3.05, 3.63) is 65.2 Å². The van der Waals surface area contributed by atoms with Gasteiger partial charge in [-0.15, -0.1) is 0 Å². The molecule has 1 saturated heterocycles. The summed E-state index contributed by atoms with van der Waals surface area (Å²) < 4.78 is 5.72. The Morgan fingerprint density at radius 1 is 1.11 bits per heavy atom. The van der Waals surface area contributed by atoms with Gasteiger partial charge in [-0.1, -0.05) is 6.07 Å². The van der Waals surface area contributed by atoms with Gasteiger partial charge in [0.2, 0.25) is 5.91 Å². The molecule has 0 bridgehead atoms. The molecule has 1 aromatic carbocycles. The van der Waals surface area contributed by atoms with Gasteiger partial charge in [0.15, 0.2) is 0 Å². The minimum absolute atomic E-state index is 0.188. The van der Waals surface area contributed by atoms with Crippen LogP contribution in [-0.4, -0.2) is 46.9 Å². The van der Waals surface area contributed by atoms with Gasteiger partial charge in [-0.05, 0) is 55.2 Å². The van der Waals surface area contributed by atoms with Gasteiger partial charge < -0.3 is 9.32 Å². The maximum atomic E-state index is 13.0. The summed E-state index contributed by atoms with van der Waals surface area (Å²) in [6, 6.07) is 8.30. The van der Waals surface area contributed by atoms with Crippen molar-refractivity contribution in [3.8, 4) is 0 Å². The highest BCUT2D eigenvalue weighted by atomic mass is 16.3. The van der Waals surface area contributed by atoms with Crippen molar-refractivity contribution in [2.75, 3.05) is 26.2 Å². The molecule has 0 aliphatic carbocycles. The van der Waals surface area contributed by atoms with Crippen LogP contribution in [0, 0.1) is 13.8 Å². The highest BCUT2D eigenvalue weighted by molar-refractivity contribution is 5.90. The van der Waals surface area contributed by atoms with Crippen molar-refractivity contribution in [2.24, 2.45) is 0 Å². The predicted octanol–water partition coefficient (Wildman–Crippen LogP) is 3.72. The number of carbonyl (C=O) groups is 1. The second-order valence-corrected chi connectivity index (χ2v) is 7.76. The first-order chi connectivity index (χ1) is 13.6. The van der Waals surface area contributed by atoms with Gasteiger partial charge >= 0.3 is 0 Å². The van der Waals surface area contributed by atoms with Crippen LogP contribution in [0.3, 0.4) is 0 Å². The fourth-order valence-electron chi connectivity index (χ4n) is 4.16. The second kappa shape index (κ2) is 8.15. The quantitative estimate of drug-likeness (QED) is 0.695. The third kappa shape index (κ3) is 4.09. The van der Waals surface area contributed by atoms with Crippen molar-refractivity contribution in [3.63, 3.8) is 0 Å². The van der Waals surface area contributed by atoms with Crippen LogP contribution < -0.4 is 0 Å². The van der Waals surface area contributed by atoms with Crippen LogP contribution in [0.15, 0.2) is 47.3 Å². The molecule has 146 valence electrons. The van der Waals surface area contributed by atoms with Crippen LogP contribution in [0.4, 0.5) is 0 Å². The summed E-state index contributed by atoms with van der Waals surface area (Å²) in [5.41, 5.74) is 5.49. The second-order valence-electron chi connectivity index (χ2n) is 7.76. The largest absolute Gasteiger partial charge is 0.464 e. The molecule has 4 rings (SSSR count). The van der Waals surface area contributed by atoms with E-state index in [4.69, 9.17) is 4.42 Å². The molecular weight excluding hydrogens is 350 g/mol. The maximum Gasteiger partial charge on any atom is 0.227 e. The lowest BCUT2D eigenvalue weighted by atomic mass is 10.0. The molecule has 0 saturated carbocycles. The molecule has 0 unspecified atom stereocenters. The third-order valence-electron chi connectivity index (χ3n) is 5.53. The number of amides is 1. The van der Waals surface area contributed by atoms with E-state index in [0.29, 0.717) is 6.42 Å². The summed E-state index contributed by atoms with van der Waals surface area (Å²) in [5, 5.41) is 1.09. The number of aryl methyl sites for hydroxylation is 2. The van der Waals surface area contributed by atoms with Crippen LogP contribution in [0.2, 0.25) is 0 Å². The van der Waals surface area contributed by atoms with Gasteiger partial charge in [0, 0.05) is 56.1 Å². The van der Waals surface area contributed by atoms with E-state index < -0.39 is 0 Å². The zero-order valence-corrected chi connectivity index (χ0v) is 16.6. The lowest BCUT2D eigenvalue weighted by Gasteiger charge is -2.22. The molecule has 5 nitrogen and oxygen atoms in total. The fourth-order valence-corrected chi connectivity index (χ4v) is 4.16. The summed E-state index contributed by atoms with van der Waals surface area (Å²) in [6.07, 6.45) is 6.83. The standard InChI is InChI=1S/C23H27N3O2/c1-17-12-18(2)23-20(16-28-21(23)13-17)14-22(27)26-9-3-8-25(10-11-26)15-19-4-6-24-7-5-19/h4-7,12-13,16H,3,8-11,14-15H2,1-2H3. The fraction of sp³-hybridized carbons (Fsp3) is 0.391. The van der Waals surface area contributed by atoms with Crippen molar-refractivity contribution >= 4 is 16.9 Å². The molecule has 1 amide bonds. The van der Waals surface area contributed by atoms with E-state index in [1.165, 1.54) is 16.7 Å². The van der Waals surface area contributed by atoms with Crippen LogP contribution in [0.5, 0.6) is 0 Å². The van der Waals surface area contributed by atoms with Crippen molar-refractivity contribution in [1.82, 2.24) is 14.8 Å². The molecule has 0 spiro atoms. The molecule has 0 N–H and O–H groups in total. The average molecular weight is 377 g/mol. The number of nitrogens with zero attached hydrogens (tertiary/aromatic N) is 3. The monoisotopic (exact) mass is 377 g/mol. The molecule has 0 atom stereocenters. The molecule has 2 aromatic heterocycles. The van der Waals surface area contributed by atoms with Gasteiger partial charge in [0.25, 0.3) is 0 Å². The van der Waals surface area contributed by atoms with E-state index in [1.807, 2.05) is 23.4 Å². The van der Waals surface area contributed by atoms with E-state index in [2.05, 4.69) is 41.9 Å². The Bertz CT molecular complexity index is 965. The van der Waals surface area contributed by atoms with Gasteiger partial charge in [0.05, 0.1) is 12.7 Å². The van der Waals surface area contributed by atoms with Crippen LogP contribution >= 0.6 is 0 Å². The molecule has 1 aliphatic heterocycles.